The van der Waals surface area contributed by atoms with Gasteiger partial charge in [-0.2, -0.15) is 0 Å². The SMILES string of the molecule is CN1C(=O)[C@]2(O)C[C@]3([C@]45C[C@@]6(O)C(=O)N(C)[C@](C)(O)C(=O)N6[C@H]4N(S(=O)(=O)c4ccccc4)c4ccccc45)c4ccccc4C[C@@H]3N2C(=O)[C@@]1(C)O. The van der Waals surface area contributed by atoms with E-state index in [1.807, 2.05) is 0 Å². The van der Waals surface area contributed by atoms with Crippen molar-refractivity contribution in [3.8, 4) is 0 Å². The van der Waals surface area contributed by atoms with Crippen LogP contribution >= 0.6 is 0 Å². The van der Waals surface area contributed by atoms with Crippen LogP contribution in [-0.2, 0) is 46.5 Å². The van der Waals surface area contributed by atoms with Crippen LogP contribution < -0.4 is 4.31 Å². The number of aliphatic hydroxyl groups is 4. The molecule has 0 unspecified atom stereocenters. The number of benzene rings is 3. The molecule has 3 aromatic carbocycles. The van der Waals surface area contributed by atoms with Gasteiger partial charge >= 0.3 is 0 Å². The lowest BCUT2D eigenvalue weighted by atomic mass is 9.53. The summed E-state index contributed by atoms with van der Waals surface area (Å²) in [4.78, 5) is 60.9. The lowest BCUT2D eigenvalue weighted by molar-refractivity contribution is -0.224. The van der Waals surface area contributed by atoms with Crippen LogP contribution in [0.5, 0.6) is 0 Å². The van der Waals surface area contributed by atoms with E-state index in [0.29, 0.717) is 16.0 Å². The lowest BCUT2D eigenvalue weighted by Gasteiger charge is -2.51. The Balaban J connectivity index is 1.44. The Morgan fingerprint density at radius 1 is 0.623 bits per heavy atom. The van der Waals surface area contributed by atoms with Gasteiger partial charge in [-0.25, -0.2) is 12.7 Å². The van der Waals surface area contributed by atoms with Crippen LogP contribution in [0.15, 0.2) is 83.8 Å². The first-order valence-corrected chi connectivity index (χ1v) is 18.6. The molecule has 0 bridgehead atoms. The molecule has 5 aliphatic heterocycles. The Bertz CT molecular complexity index is 2320. The molecule has 0 aromatic heterocycles. The average Bonchev–Trinajstić information content (AvgIpc) is 3.79. The summed E-state index contributed by atoms with van der Waals surface area (Å²) in [5.74, 6) is -4.24. The summed E-state index contributed by atoms with van der Waals surface area (Å²) in [5.41, 5.74) is -12.4. The Morgan fingerprint density at radius 2 is 1.11 bits per heavy atom. The van der Waals surface area contributed by atoms with E-state index in [9.17, 15) is 39.6 Å². The van der Waals surface area contributed by atoms with E-state index in [0.717, 1.165) is 39.9 Å². The van der Waals surface area contributed by atoms with Crippen molar-refractivity contribution >= 4 is 39.3 Å². The maximum atomic E-state index is 15.1. The Hall–Kier alpha value is -4.87. The first-order chi connectivity index (χ1) is 24.8. The standard InChI is InChI=1S/C37H37N5O10S/c1-32(47)28(43)40-26-18-21-12-8-9-15-23(21)34(26,19-36(40,49)30(45)38(32)3)35-20-37(50)31(46)39(4)33(2,48)29(44)41(37)27(35)42(25-17-11-10-16-24(25)35)53(51,52)22-13-6-5-7-14-22/h5-17,26-27,47-50H,18-20H2,1-4H3/t26-,27-,32+,33+,34-,35-,36+,37+/m0/s1. The predicted molar refractivity (Wildman–Crippen MR) is 183 cm³/mol. The number of hydrogen-bond acceptors (Lipinski definition) is 10. The van der Waals surface area contributed by atoms with Gasteiger partial charge in [-0.05, 0) is 55.2 Å². The second-order valence-electron chi connectivity index (χ2n) is 15.4. The van der Waals surface area contributed by atoms with Crippen LogP contribution in [0.1, 0.15) is 43.4 Å². The number of piperazine rings is 2. The van der Waals surface area contributed by atoms with Gasteiger partial charge in [-0.1, -0.05) is 60.7 Å². The Morgan fingerprint density at radius 3 is 1.74 bits per heavy atom. The van der Waals surface area contributed by atoms with E-state index in [4.69, 9.17) is 0 Å². The number of para-hydroxylation sites is 1. The number of rotatable bonds is 3. The minimum absolute atomic E-state index is 0.0251. The number of amides is 4. The maximum Gasteiger partial charge on any atom is 0.280 e. The lowest BCUT2D eigenvalue weighted by Crippen LogP contribution is -2.76. The number of anilines is 1. The molecule has 9 rings (SSSR count). The summed E-state index contributed by atoms with van der Waals surface area (Å²) in [6.07, 6.45) is -2.99. The highest BCUT2D eigenvalue weighted by molar-refractivity contribution is 7.93. The molecule has 1 aliphatic carbocycles. The fourth-order valence-corrected chi connectivity index (χ4v) is 12.3. The van der Waals surface area contributed by atoms with Crippen molar-refractivity contribution in [3.63, 3.8) is 0 Å². The molecule has 4 fully saturated rings. The molecule has 4 amide bonds. The third kappa shape index (κ3) is 3.48. The van der Waals surface area contributed by atoms with Crippen molar-refractivity contribution in [1.82, 2.24) is 19.6 Å². The topological polar surface area (TPSA) is 200 Å². The smallest absolute Gasteiger partial charge is 0.280 e. The Labute approximate surface area is 304 Å². The normalized spacial score (nSPS) is 38.5. The molecule has 5 heterocycles. The molecule has 0 spiro atoms. The van der Waals surface area contributed by atoms with Crippen LogP contribution in [0, 0.1) is 0 Å². The van der Waals surface area contributed by atoms with E-state index in [2.05, 4.69) is 0 Å². The first kappa shape index (κ1) is 33.9. The number of sulfonamides is 1. The van der Waals surface area contributed by atoms with Gasteiger partial charge in [-0.3, -0.25) is 29.0 Å². The molecule has 16 heteroatoms. The summed E-state index contributed by atoms with van der Waals surface area (Å²) in [6, 6.07) is 19.7. The molecule has 4 N–H and O–H groups in total. The summed E-state index contributed by atoms with van der Waals surface area (Å²) in [7, 11) is -2.33. The third-order valence-corrected chi connectivity index (χ3v) is 14.9. The van der Waals surface area contributed by atoms with Gasteiger partial charge in [0.2, 0.25) is 22.9 Å². The summed E-state index contributed by atoms with van der Waals surface area (Å²) >= 11 is 0. The minimum atomic E-state index is -4.68. The molecular weight excluding hydrogens is 706 g/mol. The zero-order chi connectivity index (χ0) is 38.1. The first-order valence-electron chi connectivity index (χ1n) is 17.2. The molecule has 8 atom stereocenters. The number of fused-ring (bicyclic) bond motifs is 11. The predicted octanol–water partition coefficient (Wildman–Crippen LogP) is -0.475. The van der Waals surface area contributed by atoms with Crippen molar-refractivity contribution in [2.24, 2.45) is 0 Å². The molecule has 15 nitrogen and oxygen atoms in total. The third-order valence-electron chi connectivity index (χ3n) is 13.1. The molecule has 4 saturated heterocycles. The number of carbonyl (C=O) groups excluding carboxylic acids is 4. The van der Waals surface area contributed by atoms with Gasteiger partial charge in [0.25, 0.3) is 33.7 Å². The van der Waals surface area contributed by atoms with E-state index in [-0.39, 0.29) is 22.6 Å². The van der Waals surface area contributed by atoms with Crippen molar-refractivity contribution < 1.29 is 48.0 Å². The zero-order valence-corrected chi connectivity index (χ0v) is 30.0. The molecule has 53 heavy (non-hydrogen) atoms. The van der Waals surface area contributed by atoms with E-state index < -0.39 is 92.4 Å². The quantitative estimate of drug-likeness (QED) is 0.272. The van der Waals surface area contributed by atoms with Crippen LogP contribution in [0.4, 0.5) is 5.69 Å². The minimum Gasteiger partial charge on any atom is -0.363 e. The van der Waals surface area contributed by atoms with Crippen LogP contribution in [0.2, 0.25) is 0 Å². The fourth-order valence-electron chi connectivity index (χ4n) is 10.6. The van der Waals surface area contributed by atoms with Crippen LogP contribution in [0.3, 0.4) is 0 Å². The second-order valence-corrected chi connectivity index (χ2v) is 17.2. The second kappa shape index (κ2) is 9.81. The highest BCUT2D eigenvalue weighted by Crippen LogP contribution is 2.73. The number of likely N-dealkylation sites (N-methyl/N-ethyl adjacent to an activating group) is 2. The summed E-state index contributed by atoms with van der Waals surface area (Å²) in [6.45, 7) is 2.22. The van der Waals surface area contributed by atoms with Gasteiger partial charge in [-0.15, -0.1) is 0 Å². The van der Waals surface area contributed by atoms with Gasteiger partial charge in [0.1, 0.15) is 6.17 Å². The van der Waals surface area contributed by atoms with E-state index in [1.54, 1.807) is 48.5 Å². The highest BCUT2D eigenvalue weighted by Gasteiger charge is 2.86. The average molecular weight is 744 g/mol. The van der Waals surface area contributed by atoms with Crippen molar-refractivity contribution in [1.29, 1.82) is 0 Å². The van der Waals surface area contributed by atoms with Crippen LogP contribution in [0.25, 0.3) is 0 Å². The molecule has 6 aliphatic rings. The molecular formula is C37H37N5O10S. The number of nitrogens with zero attached hydrogens (tertiary/aromatic N) is 5. The Kier molecular flexibility index (Phi) is 6.28. The molecule has 3 aromatic rings. The summed E-state index contributed by atoms with van der Waals surface area (Å²) in [5, 5.41) is 48.5. The highest BCUT2D eigenvalue weighted by atomic mass is 32.2. The van der Waals surface area contributed by atoms with Crippen molar-refractivity contribution in [2.45, 2.75) is 83.9 Å². The maximum absolute atomic E-state index is 15.1. The van der Waals surface area contributed by atoms with Crippen LogP contribution in [-0.4, -0.2) is 121 Å². The number of carbonyl (C=O) groups is 4. The van der Waals surface area contributed by atoms with Crippen molar-refractivity contribution in [2.75, 3.05) is 18.4 Å². The fraction of sp³-hybridized carbons (Fsp3) is 0.405. The van der Waals surface area contributed by atoms with Gasteiger partial charge in [0.05, 0.1) is 22.0 Å². The van der Waals surface area contributed by atoms with Crippen molar-refractivity contribution in [3.05, 3.63) is 95.6 Å². The monoisotopic (exact) mass is 743 g/mol. The summed E-state index contributed by atoms with van der Waals surface area (Å²) < 4.78 is 31.2. The van der Waals surface area contributed by atoms with E-state index >= 15 is 8.42 Å². The largest absolute Gasteiger partial charge is 0.363 e. The number of hydrogen-bond donors (Lipinski definition) is 4. The van der Waals surface area contributed by atoms with E-state index in [1.165, 1.54) is 37.4 Å². The van der Waals surface area contributed by atoms with Gasteiger partial charge in [0, 0.05) is 32.4 Å². The van der Waals surface area contributed by atoms with Gasteiger partial charge in [0.15, 0.2) is 0 Å². The molecule has 0 saturated carbocycles. The molecule has 0 radical (unpaired) electrons. The zero-order valence-electron chi connectivity index (χ0n) is 29.2. The van der Waals surface area contributed by atoms with Gasteiger partial charge < -0.3 is 30.2 Å². The molecule has 276 valence electrons.